The Bertz CT molecular complexity index is 789. The molecule has 2 fully saturated rings. The molecule has 2 aromatic rings. The van der Waals surface area contributed by atoms with Gasteiger partial charge >= 0.3 is 0 Å². The van der Waals surface area contributed by atoms with Gasteiger partial charge in [0, 0.05) is 17.5 Å². The fourth-order valence-electron chi connectivity index (χ4n) is 3.59. The molecule has 1 amide bonds. The van der Waals surface area contributed by atoms with Crippen LogP contribution in [0.2, 0.25) is 0 Å². The van der Waals surface area contributed by atoms with Gasteiger partial charge in [0.05, 0.1) is 6.54 Å². The standard InChI is InChI=1S/C20H26N4O2/c1-13-3-6-17(14(2)11-13)21-18(25)12-24-9-7-16(8-10-24)20-23-22-19(26-20)15-4-5-15/h3,6,11,15-16H,4-5,7-10,12H2,1-2H3,(H,21,25). The monoisotopic (exact) mass is 354 g/mol. The van der Waals surface area contributed by atoms with Crippen LogP contribution in [-0.2, 0) is 4.79 Å². The van der Waals surface area contributed by atoms with Gasteiger partial charge in [-0.25, -0.2) is 0 Å². The number of nitrogens with zero attached hydrogens (tertiary/aromatic N) is 3. The Hall–Kier alpha value is -2.21. The van der Waals surface area contributed by atoms with Crippen LogP contribution in [-0.4, -0.2) is 40.6 Å². The van der Waals surface area contributed by atoms with Crippen molar-refractivity contribution >= 4 is 11.6 Å². The van der Waals surface area contributed by atoms with E-state index in [-0.39, 0.29) is 5.91 Å². The molecule has 4 rings (SSSR count). The van der Waals surface area contributed by atoms with Crippen molar-refractivity contribution in [3.8, 4) is 0 Å². The molecule has 1 N–H and O–H groups in total. The first-order valence-corrected chi connectivity index (χ1v) is 9.51. The summed E-state index contributed by atoms with van der Waals surface area (Å²) in [6.45, 7) is 6.27. The third kappa shape index (κ3) is 3.96. The third-order valence-corrected chi connectivity index (χ3v) is 5.34. The molecule has 2 aliphatic rings. The zero-order valence-corrected chi connectivity index (χ0v) is 15.5. The topological polar surface area (TPSA) is 71.3 Å². The lowest BCUT2D eigenvalue weighted by Crippen LogP contribution is -2.38. The minimum atomic E-state index is 0.0456. The van der Waals surface area contributed by atoms with Crippen LogP contribution < -0.4 is 5.32 Å². The molecule has 6 nitrogen and oxygen atoms in total. The van der Waals surface area contributed by atoms with Crippen molar-refractivity contribution in [2.24, 2.45) is 0 Å². The number of aryl methyl sites for hydroxylation is 2. The second kappa shape index (κ2) is 7.19. The first-order valence-electron chi connectivity index (χ1n) is 9.51. The Morgan fingerprint density at radius 2 is 1.77 bits per heavy atom. The molecule has 26 heavy (non-hydrogen) atoms. The zero-order valence-electron chi connectivity index (χ0n) is 15.5. The summed E-state index contributed by atoms with van der Waals surface area (Å²) in [6.07, 6.45) is 4.28. The number of carbonyl (C=O) groups excluding carboxylic acids is 1. The summed E-state index contributed by atoms with van der Waals surface area (Å²) < 4.78 is 5.85. The van der Waals surface area contributed by atoms with E-state index in [2.05, 4.69) is 33.4 Å². The van der Waals surface area contributed by atoms with Gasteiger partial charge in [0.2, 0.25) is 17.7 Å². The number of anilines is 1. The SMILES string of the molecule is Cc1ccc(NC(=O)CN2CCC(c3nnc(C4CC4)o3)CC2)c(C)c1. The average molecular weight is 354 g/mol. The van der Waals surface area contributed by atoms with Crippen molar-refractivity contribution < 1.29 is 9.21 Å². The Balaban J connectivity index is 1.27. The first-order chi connectivity index (χ1) is 12.6. The number of aromatic nitrogens is 2. The highest BCUT2D eigenvalue weighted by atomic mass is 16.4. The molecule has 0 spiro atoms. The van der Waals surface area contributed by atoms with Gasteiger partial charge in [0.25, 0.3) is 0 Å². The Morgan fingerprint density at radius 1 is 1.12 bits per heavy atom. The van der Waals surface area contributed by atoms with Crippen LogP contribution in [0, 0.1) is 13.8 Å². The van der Waals surface area contributed by atoms with Crippen LogP contribution in [0.3, 0.4) is 0 Å². The summed E-state index contributed by atoms with van der Waals surface area (Å²) in [5.41, 5.74) is 3.20. The number of piperidine rings is 1. The summed E-state index contributed by atoms with van der Waals surface area (Å²) in [6, 6.07) is 6.08. The summed E-state index contributed by atoms with van der Waals surface area (Å²) in [5, 5.41) is 11.5. The molecule has 1 aliphatic carbocycles. The molecule has 0 unspecified atom stereocenters. The van der Waals surface area contributed by atoms with Crippen LogP contribution in [0.5, 0.6) is 0 Å². The number of benzene rings is 1. The van der Waals surface area contributed by atoms with E-state index < -0.39 is 0 Å². The predicted molar refractivity (Wildman–Crippen MR) is 99.2 cm³/mol. The van der Waals surface area contributed by atoms with Gasteiger partial charge in [0.1, 0.15) is 0 Å². The number of carbonyl (C=O) groups is 1. The molecule has 6 heteroatoms. The fraction of sp³-hybridized carbons (Fsp3) is 0.550. The van der Waals surface area contributed by atoms with Crippen LogP contribution in [0.15, 0.2) is 22.6 Å². The fourth-order valence-corrected chi connectivity index (χ4v) is 3.59. The zero-order chi connectivity index (χ0) is 18.1. The minimum absolute atomic E-state index is 0.0456. The van der Waals surface area contributed by atoms with E-state index in [1.54, 1.807) is 0 Å². The van der Waals surface area contributed by atoms with Gasteiger partial charge in [-0.2, -0.15) is 0 Å². The van der Waals surface area contributed by atoms with E-state index in [4.69, 9.17) is 4.42 Å². The van der Waals surface area contributed by atoms with Gasteiger partial charge in [-0.3, -0.25) is 9.69 Å². The summed E-state index contributed by atoms with van der Waals surface area (Å²) in [4.78, 5) is 14.6. The number of likely N-dealkylation sites (tertiary alicyclic amines) is 1. The molecular weight excluding hydrogens is 328 g/mol. The van der Waals surface area contributed by atoms with Gasteiger partial charge in [-0.1, -0.05) is 17.7 Å². The molecular formula is C20H26N4O2. The maximum absolute atomic E-state index is 12.4. The maximum Gasteiger partial charge on any atom is 0.238 e. The lowest BCUT2D eigenvalue weighted by atomic mass is 9.97. The number of hydrogen-bond acceptors (Lipinski definition) is 5. The molecule has 2 heterocycles. The van der Waals surface area contributed by atoms with Crippen LogP contribution in [0.1, 0.15) is 60.4 Å². The normalized spacial score (nSPS) is 18.8. The van der Waals surface area contributed by atoms with Crippen molar-refractivity contribution in [2.45, 2.75) is 51.4 Å². The smallest absolute Gasteiger partial charge is 0.238 e. The second-order valence-electron chi connectivity index (χ2n) is 7.67. The van der Waals surface area contributed by atoms with Gasteiger partial charge in [-0.05, 0) is 64.3 Å². The average Bonchev–Trinajstić information content (AvgIpc) is 3.35. The van der Waals surface area contributed by atoms with Crippen molar-refractivity contribution in [3.63, 3.8) is 0 Å². The van der Waals surface area contributed by atoms with E-state index in [0.29, 0.717) is 18.4 Å². The molecule has 1 aliphatic heterocycles. The largest absolute Gasteiger partial charge is 0.425 e. The van der Waals surface area contributed by atoms with E-state index in [9.17, 15) is 4.79 Å². The summed E-state index contributed by atoms with van der Waals surface area (Å²) in [5.74, 6) is 2.48. The first kappa shape index (κ1) is 17.2. The van der Waals surface area contributed by atoms with E-state index in [0.717, 1.165) is 49.0 Å². The minimum Gasteiger partial charge on any atom is -0.425 e. The van der Waals surface area contributed by atoms with Crippen LogP contribution in [0.4, 0.5) is 5.69 Å². The van der Waals surface area contributed by atoms with Crippen molar-refractivity contribution in [1.29, 1.82) is 0 Å². The lowest BCUT2D eigenvalue weighted by Gasteiger charge is -2.29. The van der Waals surface area contributed by atoms with E-state index in [1.165, 1.54) is 18.4 Å². The molecule has 0 atom stereocenters. The molecule has 1 saturated carbocycles. The quantitative estimate of drug-likeness (QED) is 0.891. The molecule has 1 saturated heterocycles. The van der Waals surface area contributed by atoms with Crippen molar-refractivity contribution in [3.05, 3.63) is 41.1 Å². The highest BCUT2D eigenvalue weighted by Gasteiger charge is 2.32. The summed E-state index contributed by atoms with van der Waals surface area (Å²) >= 11 is 0. The number of nitrogens with one attached hydrogen (secondary N) is 1. The highest BCUT2D eigenvalue weighted by Crippen LogP contribution is 2.40. The number of hydrogen-bond donors (Lipinski definition) is 1. The summed E-state index contributed by atoms with van der Waals surface area (Å²) in [7, 11) is 0. The Labute approximate surface area is 154 Å². The molecule has 0 bridgehead atoms. The van der Waals surface area contributed by atoms with Crippen LogP contribution in [0.25, 0.3) is 0 Å². The van der Waals surface area contributed by atoms with Crippen molar-refractivity contribution in [2.75, 3.05) is 25.0 Å². The highest BCUT2D eigenvalue weighted by molar-refractivity contribution is 5.93. The molecule has 138 valence electrons. The predicted octanol–water partition coefficient (Wildman–Crippen LogP) is 3.38. The third-order valence-electron chi connectivity index (χ3n) is 5.34. The lowest BCUT2D eigenvalue weighted by molar-refractivity contribution is -0.117. The maximum atomic E-state index is 12.4. The number of rotatable bonds is 5. The van der Waals surface area contributed by atoms with Gasteiger partial charge in [-0.15, -0.1) is 10.2 Å². The molecule has 0 radical (unpaired) electrons. The van der Waals surface area contributed by atoms with Crippen LogP contribution >= 0.6 is 0 Å². The Morgan fingerprint density at radius 3 is 2.38 bits per heavy atom. The van der Waals surface area contributed by atoms with E-state index in [1.807, 2.05) is 19.1 Å². The van der Waals surface area contributed by atoms with Gasteiger partial charge in [0.15, 0.2) is 0 Å². The molecule has 1 aromatic carbocycles. The molecule has 1 aromatic heterocycles. The van der Waals surface area contributed by atoms with E-state index >= 15 is 0 Å². The number of amides is 1. The Kier molecular flexibility index (Phi) is 4.76. The van der Waals surface area contributed by atoms with Crippen molar-refractivity contribution in [1.82, 2.24) is 15.1 Å². The van der Waals surface area contributed by atoms with Gasteiger partial charge < -0.3 is 9.73 Å². The second-order valence-corrected chi connectivity index (χ2v) is 7.67.